The van der Waals surface area contributed by atoms with Crippen LogP contribution in [0.2, 0.25) is 0 Å². The molecule has 3 rings (SSSR count). The zero-order chi connectivity index (χ0) is 9.76. The largest absolute Gasteiger partial charge is 0.348 e. The monoisotopic (exact) mass is 200 g/mol. The molecule has 1 saturated heterocycles. The number of ketones is 1. The molecule has 14 heavy (non-hydrogen) atoms. The van der Waals surface area contributed by atoms with Gasteiger partial charge >= 0.3 is 0 Å². The molecule has 78 valence electrons. The Morgan fingerprint density at radius 1 is 1.29 bits per heavy atom. The summed E-state index contributed by atoms with van der Waals surface area (Å²) in [4.78, 5) is 11.1. The fraction of sp³-hybridized carbons (Fsp3) is 0.900. The molecule has 3 aliphatic rings. The molecule has 2 unspecified atom stereocenters. The van der Waals surface area contributed by atoms with E-state index in [9.17, 15) is 9.18 Å². The Labute approximate surface area is 81.6 Å². The van der Waals surface area contributed by atoms with Gasteiger partial charge in [-0.05, 0) is 5.92 Å². The van der Waals surface area contributed by atoms with Crippen molar-refractivity contribution in [3.8, 4) is 0 Å². The van der Waals surface area contributed by atoms with Crippen molar-refractivity contribution < 1.29 is 18.7 Å². The zero-order valence-electron chi connectivity index (χ0n) is 7.87. The van der Waals surface area contributed by atoms with Crippen molar-refractivity contribution in [2.75, 3.05) is 13.2 Å². The second-order valence-electron chi connectivity index (χ2n) is 4.51. The van der Waals surface area contributed by atoms with E-state index in [0.717, 1.165) is 0 Å². The second-order valence-corrected chi connectivity index (χ2v) is 4.51. The SMILES string of the molecule is O=C1CC2CC3(CC2[C@H]1F)OCCO3. The highest BCUT2D eigenvalue weighted by atomic mass is 19.1. The number of carbonyl (C=O) groups excluding carboxylic acids is 1. The van der Waals surface area contributed by atoms with Gasteiger partial charge in [0.15, 0.2) is 17.7 Å². The van der Waals surface area contributed by atoms with Crippen molar-refractivity contribution in [1.29, 1.82) is 0 Å². The van der Waals surface area contributed by atoms with E-state index in [1.54, 1.807) is 0 Å². The fourth-order valence-electron chi connectivity index (χ4n) is 3.07. The maximum absolute atomic E-state index is 13.4. The van der Waals surface area contributed by atoms with Crippen LogP contribution in [-0.2, 0) is 14.3 Å². The van der Waals surface area contributed by atoms with E-state index in [2.05, 4.69) is 0 Å². The van der Waals surface area contributed by atoms with Crippen LogP contribution in [0.25, 0.3) is 0 Å². The number of hydrogen-bond acceptors (Lipinski definition) is 3. The Bertz CT molecular complexity index is 273. The third-order valence-corrected chi connectivity index (χ3v) is 3.69. The van der Waals surface area contributed by atoms with Gasteiger partial charge in [0, 0.05) is 25.2 Å². The third-order valence-electron chi connectivity index (χ3n) is 3.69. The van der Waals surface area contributed by atoms with E-state index in [1.807, 2.05) is 0 Å². The number of rotatable bonds is 0. The first kappa shape index (κ1) is 8.80. The minimum atomic E-state index is -1.27. The maximum atomic E-state index is 13.4. The molecule has 3 atom stereocenters. The Morgan fingerprint density at radius 3 is 2.64 bits per heavy atom. The van der Waals surface area contributed by atoms with Crippen LogP contribution in [-0.4, -0.2) is 31.0 Å². The first-order chi connectivity index (χ1) is 6.70. The summed E-state index contributed by atoms with van der Waals surface area (Å²) in [6, 6.07) is 0. The average Bonchev–Trinajstić information content (AvgIpc) is 2.79. The minimum Gasteiger partial charge on any atom is -0.348 e. The van der Waals surface area contributed by atoms with Gasteiger partial charge in [0.2, 0.25) is 0 Å². The van der Waals surface area contributed by atoms with Crippen molar-refractivity contribution in [2.45, 2.75) is 31.2 Å². The standard InChI is InChI=1S/C10H13FO3/c11-9-7-5-10(13-1-2-14-10)4-6(7)3-8(9)12/h6-7,9H,1-5H2/t6?,7?,9-/m1/s1. The molecule has 0 aromatic heterocycles. The summed E-state index contributed by atoms with van der Waals surface area (Å²) in [5, 5.41) is 0. The number of hydrogen-bond donors (Lipinski definition) is 0. The quantitative estimate of drug-likeness (QED) is 0.586. The summed E-state index contributed by atoms with van der Waals surface area (Å²) >= 11 is 0. The highest BCUT2D eigenvalue weighted by Crippen LogP contribution is 2.51. The lowest BCUT2D eigenvalue weighted by Crippen LogP contribution is -2.29. The lowest BCUT2D eigenvalue weighted by atomic mass is 10.0. The number of ether oxygens (including phenoxy) is 2. The van der Waals surface area contributed by atoms with Crippen molar-refractivity contribution in [2.24, 2.45) is 11.8 Å². The summed E-state index contributed by atoms with van der Waals surface area (Å²) in [5.74, 6) is -0.774. The van der Waals surface area contributed by atoms with Crippen LogP contribution in [0.3, 0.4) is 0 Å². The van der Waals surface area contributed by atoms with E-state index in [-0.39, 0.29) is 17.6 Å². The zero-order valence-corrected chi connectivity index (χ0v) is 7.87. The molecular formula is C10H13FO3. The third kappa shape index (κ3) is 1.07. The van der Waals surface area contributed by atoms with Gasteiger partial charge in [0.1, 0.15) is 0 Å². The molecule has 3 fully saturated rings. The second kappa shape index (κ2) is 2.76. The minimum absolute atomic E-state index is 0.149. The molecule has 2 saturated carbocycles. The topological polar surface area (TPSA) is 35.5 Å². The number of alkyl halides is 1. The fourth-order valence-corrected chi connectivity index (χ4v) is 3.07. The molecule has 1 aliphatic heterocycles. The van der Waals surface area contributed by atoms with Crippen LogP contribution in [0, 0.1) is 11.8 Å². The summed E-state index contributed by atoms with van der Waals surface area (Å²) in [7, 11) is 0. The maximum Gasteiger partial charge on any atom is 0.169 e. The van der Waals surface area contributed by atoms with E-state index in [4.69, 9.17) is 9.47 Å². The summed E-state index contributed by atoms with van der Waals surface area (Å²) in [6.45, 7) is 1.20. The van der Waals surface area contributed by atoms with Gasteiger partial charge in [-0.2, -0.15) is 0 Å². The van der Waals surface area contributed by atoms with Crippen molar-refractivity contribution >= 4 is 5.78 Å². The molecule has 1 spiro atoms. The highest BCUT2D eigenvalue weighted by Gasteiger charge is 2.57. The van der Waals surface area contributed by atoms with Gasteiger partial charge in [0.05, 0.1) is 13.2 Å². The Kier molecular flexibility index (Phi) is 1.74. The summed E-state index contributed by atoms with van der Waals surface area (Å²) < 4.78 is 24.5. The van der Waals surface area contributed by atoms with Gasteiger partial charge in [-0.3, -0.25) is 4.79 Å². The molecule has 0 amide bonds. The molecule has 3 nitrogen and oxygen atoms in total. The molecule has 0 bridgehead atoms. The lowest BCUT2D eigenvalue weighted by Gasteiger charge is -2.22. The normalized spacial score (nSPS) is 44.9. The van der Waals surface area contributed by atoms with Crippen LogP contribution in [0.15, 0.2) is 0 Å². The Hall–Kier alpha value is -0.480. The van der Waals surface area contributed by atoms with E-state index in [0.29, 0.717) is 32.5 Å². The number of Topliss-reactive ketones (excluding diaryl/α,β-unsaturated/α-hetero) is 1. The van der Waals surface area contributed by atoms with Crippen molar-refractivity contribution in [1.82, 2.24) is 0 Å². The first-order valence-corrected chi connectivity index (χ1v) is 5.15. The first-order valence-electron chi connectivity index (χ1n) is 5.15. The Morgan fingerprint density at radius 2 is 2.00 bits per heavy atom. The van der Waals surface area contributed by atoms with E-state index < -0.39 is 12.0 Å². The molecule has 2 aliphatic carbocycles. The number of carbonyl (C=O) groups is 1. The van der Waals surface area contributed by atoms with Crippen LogP contribution < -0.4 is 0 Å². The summed E-state index contributed by atoms with van der Waals surface area (Å²) in [6.07, 6.45) is 0.362. The van der Waals surface area contributed by atoms with Gasteiger partial charge < -0.3 is 9.47 Å². The molecular weight excluding hydrogens is 187 g/mol. The van der Waals surface area contributed by atoms with E-state index in [1.165, 1.54) is 0 Å². The van der Waals surface area contributed by atoms with Crippen LogP contribution in [0.4, 0.5) is 4.39 Å². The predicted molar refractivity (Wildman–Crippen MR) is 45.4 cm³/mol. The number of fused-ring (bicyclic) bond motifs is 1. The van der Waals surface area contributed by atoms with Gasteiger partial charge in [-0.25, -0.2) is 4.39 Å². The highest BCUT2D eigenvalue weighted by molar-refractivity contribution is 5.86. The molecule has 0 aromatic rings. The van der Waals surface area contributed by atoms with Crippen LogP contribution >= 0.6 is 0 Å². The smallest absolute Gasteiger partial charge is 0.169 e. The molecule has 4 heteroatoms. The lowest BCUT2D eigenvalue weighted by molar-refractivity contribution is -0.157. The van der Waals surface area contributed by atoms with Gasteiger partial charge in [-0.1, -0.05) is 0 Å². The summed E-state index contributed by atoms with van der Waals surface area (Å²) in [5.41, 5.74) is 0. The molecule has 0 aromatic carbocycles. The average molecular weight is 200 g/mol. The van der Waals surface area contributed by atoms with Gasteiger partial charge in [-0.15, -0.1) is 0 Å². The van der Waals surface area contributed by atoms with Crippen molar-refractivity contribution in [3.63, 3.8) is 0 Å². The number of halogens is 1. The van der Waals surface area contributed by atoms with Gasteiger partial charge in [0.25, 0.3) is 0 Å². The van der Waals surface area contributed by atoms with Crippen LogP contribution in [0.1, 0.15) is 19.3 Å². The molecule has 1 heterocycles. The molecule has 0 N–H and O–H groups in total. The van der Waals surface area contributed by atoms with Crippen LogP contribution in [0.5, 0.6) is 0 Å². The molecule has 0 radical (unpaired) electrons. The predicted octanol–water partition coefficient (Wildman–Crippen LogP) is 1.07. The Balaban J connectivity index is 1.80. The van der Waals surface area contributed by atoms with Crippen molar-refractivity contribution in [3.05, 3.63) is 0 Å². The van der Waals surface area contributed by atoms with E-state index >= 15 is 0 Å².